The number of nitrogens with zero attached hydrogens (tertiary/aromatic N) is 1. The molecular weight excluding hydrogens is 196 g/mol. The summed E-state index contributed by atoms with van der Waals surface area (Å²) in [5.41, 5.74) is 0. The first-order valence-corrected chi connectivity index (χ1v) is 5.24. The second kappa shape index (κ2) is 3.32. The molecule has 1 saturated heterocycles. The summed E-state index contributed by atoms with van der Waals surface area (Å²) in [6.07, 6.45) is 1.83. The number of barbiturate groups is 1. The lowest BCUT2D eigenvalue weighted by atomic mass is 10.1. The summed E-state index contributed by atoms with van der Waals surface area (Å²) in [5.74, 6) is -1.17. The molecule has 0 spiro atoms. The highest BCUT2D eigenvalue weighted by atomic mass is 16.2. The van der Waals surface area contributed by atoms with Crippen LogP contribution in [-0.2, 0) is 9.59 Å². The zero-order chi connectivity index (χ0) is 11.2. The van der Waals surface area contributed by atoms with Crippen molar-refractivity contribution in [3.05, 3.63) is 0 Å². The minimum Gasteiger partial charge on any atom is -0.277 e. The molecule has 4 amide bonds. The van der Waals surface area contributed by atoms with Gasteiger partial charge in [0, 0.05) is 6.04 Å². The molecule has 1 N–H and O–H groups in total. The van der Waals surface area contributed by atoms with E-state index >= 15 is 0 Å². The third kappa shape index (κ3) is 1.52. The molecule has 15 heavy (non-hydrogen) atoms. The fourth-order valence-electron chi connectivity index (χ4n) is 2.00. The van der Waals surface area contributed by atoms with E-state index in [0.717, 1.165) is 12.8 Å². The molecule has 1 aliphatic carbocycles. The van der Waals surface area contributed by atoms with E-state index in [-0.39, 0.29) is 11.9 Å². The van der Waals surface area contributed by atoms with Crippen LogP contribution in [0, 0.1) is 11.8 Å². The fraction of sp³-hybridized carbons (Fsp3) is 0.700. The zero-order valence-electron chi connectivity index (χ0n) is 8.82. The minimum atomic E-state index is -0.735. The summed E-state index contributed by atoms with van der Waals surface area (Å²) in [4.78, 5) is 35.6. The molecule has 0 aromatic heterocycles. The van der Waals surface area contributed by atoms with Gasteiger partial charge in [-0.25, -0.2) is 4.79 Å². The molecule has 0 bridgehead atoms. The van der Waals surface area contributed by atoms with Crippen molar-refractivity contribution in [3.8, 4) is 0 Å². The summed E-state index contributed by atoms with van der Waals surface area (Å²) >= 11 is 0. The summed E-state index contributed by atoms with van der Waals surface area (Å²) < 4.78 is 0. The van der Waals surface area contributed by atoms with Gasteiger partial charge in [-0.05, 0) is 19.3 Å². The molecule has 2 rings (SSSR count). The van der Waals surface area contributed by atoms with Gasteiger partial charge < -0.3 is 0 Å². The van der Waals surface area contributed by atoms with Gasteiger partial charge in [-0.3, -0.25) is 19.8 Å². The molecule has 3 unspecified atom stereocenters. The monoisotopic (exact) mass is 210 g/mol. The van der Waals surface area contributed by atoms with Crippen molar-refractivity contribution in [1.29, 1.82) is 0 Å². The molecule has 82 valence electrons. The van der Waals surface area contributed by atoms with Crippen molar-refractivity contribution < 1.29 is 14.4 Å². The van der Waals surface area contributed by atoms with Gasteiger partial charge in [-0.1, -0.05) is 13.3 Å². The van der Waals surface area contributed by atoms with Crippen LogP contribution in [0.3, 0.4) is 0 Å². The lowest BCUT2D eigenvalue weighted by Crippen LogP contribution is -2.58. The molecule has 1 aliphatic heterocycles. The smallest absolute Gasteiger partial charge is 0.277 e. The zero-order valence-corrected chi connectivity index (χ0v) is 8.82. The number of rotatable bonds is 2. The average molecular weight is 210 g/mol. The fourth-order valence-corrected chi connectivity index (χ4v) is 2.00. The van der Waals surface area contributed by atoms with E-state index in [2.05, 4.69) is 5.32 Å². The second-order valence-corrected chi connectivity index (χ2v) is 4.20. The highest BCUT2D eigenvalue weighted by molar-refractivity contribution is 6.16. The molecule has 0 radical (unpaired) electrons. The van der Waals surface area contributed by atoms with Crippen molar-refractivity contribution >= 4 is 17.8 Å². The lowest BCUT2D eigenvalue weighted by molar-refractivity contribution is -0.142. The number of hydrogen-bond donors (Lipinski definition) is 1. The molecule has 3 atom stereocenters. The largest absolute Gasteiger partial charge is 0.331 e. The first-order chi connectivity index (χ1) is 7.06. The number of imide groups is 2. The van der Waals surface area contributed by atoms with E-state index < -0.39 is 17.9 Å². The topological polar surface area (TPSA) is 66.5 Å². The van der Waals surface area contributed by atoms with Crippen molar-refractivity contribution in [2.24, 2.45) is 11.8 Å². The quantitative estimate of drug-likeness (QED) is 0.675. The molecule has 1 saturated carbocycles. The first-order valence-electron chi connectivity index (χ1n) is 5.24. The van der Waals surface area contributed by atoms with E-state index in [1.54, 1.807) is 0 Å². The Morgan fingerprint density at radius 2 is 2.07 bits per heavy atom. The van der Waals surface area contributed by atoms with Gasteiger partial charge in [-0.2, -0.15) is 0 Å². The highest BCUT2D eigenvalue weighted by Gasteiger charge is 2.50. The Morgan fingerprint density at radius 1 is 1.40 bits per heavy atom. The van der Waals surface area contributed by atoms with Gasteiger partial charge in [0.15, 0.2) is 0 Å². The first kappa shape index (κ1) is 10.1. The maximum atomic E-state index is 11.7. The van der Waals surface area contributed by atoms with E-state index in [1.165, 1.54) is 11.8 Å². The second-order valence-electron chi connectivity index (χ2n) is 4.20. The van der Waals surface area contributed by atoms with Gasteiger partial charge in [-0.15, -0.1) is 0 Å². The number of urea groups is 1. The van der Waals surface area contributed by atoms with Crippen LogP contribution in [0.2, 0.25) is 0 Å². The molecule has 0 aromatic carbocycles. The normalized spacial score (nSPS) is 35.5. The van der Waals surface area contributed by atoms with E-state index in [4.69, 9.17) is 0 Å². The molecule has 0 aromatic rings. The third-order valence-electron chi connectivity index (χ3n) is 3.19. The van der Waals surface area contributed by atoms with Crippen molar-refractivity contribution in [2.45, 2.75) is 32.7 Å². The van der Waals surface area contributed by atoms with Gasteiger partial charge in [0.2, 0.25) is 11.8 Å². The van der Waals surface area contributed by atoms with Gasteiger partial charge in [0.05, 0.1) is 0 Å². The SMILES string of the molecule is CCC1CC1N1C(=O)NC(=O)C(C)C1=O. The number of amides is 4. The van der Waals surface area contributed by atoms with Crippen molar-refractivity contribution in [3.63, 3.8) is 0 Å². The van der Waals surface area contributed by atoms with E-state index in [9.17, 15) is 14.4 Å². The van der Waals surface area contributed by atoms with E-state index in [1.807, 2.05) is 6.92 Å². The number of carbonyl (C=O) groups excluding carboxylic acids is 3. The maximum absolute atomic E-state index is 11.7. The average Bonchev–Trinajstić information content (AvgIpc) is 2.94. The molecule has 1 heterocycles. The van der Waals surface area contributed by atoms with E-state index in [0.29, 0.717) is 5.92 Å². The minimum absolute atomic E-state index is 0.0121. The van der Waals surface area contributed by atoms with Gasteiger partial charge >= 0.3 is 6.03 Å². The Balaban J connectivity index is 2.14. The maximum Gasteiger partial charge on any atom is 0.331 e. The highest BCUT2D eigenvalue weighted by Crippen LogP contribution is 2.39. The Hall–Kier alpha value is -1.39. The van der Waals surface area contributed by atoms with Crippen LogP contribution < -0.4 is 5.32 Å². The van der Waals surface area contributed by atoms with Gasteiger partial charge in [0.1, 0.15) is 5.92 Å². The molecule has 5 nitrogen and oxygen atoms in total. The van der Waals surface area contributed by atoms with Crippen molar-refractivity contribution in [2.75, 3.05) is 0 Å². The molecule has 5 heteroatoms. The molecular formula is C10H14N2O3. The van der Waals surface area contributed by atoms with Crippen LogP contribution in [0.1, 0.15) is 26.7 Å². The number of carbonyl (C=O) groups is 3. The standard InChI is InChI=1S/C10H14N2O3/c1-3-6-4-7(6)12-9(14)5(2)8(13)11-10(12)15/h5-7H,3-4H2,1-2H3,(H,11,13,15). The molecule has 2 aliphatic rings. The van der Waals surface area contributed by atoms with Gasteiger partial charge in [0.25, 0.3) is 0 Å². The lowest BCUT2D eigenvalue weighted by Gasteiger charge is -2.28. The van der Waals surface area contributed by atoms with Crippen LogP contribution in [0.15, 0.2) is 0 Å². The Kier molecular flexibility index (Phi) is 2.25. The summed E-state index contributed by atoms with van der Waals surface area (Å²) in [6, 6.07) is -0.540. The Bertz CT molecular complexity index is 340. The van der Waals surface area contributed by atoms with Crippen LogP contribution >= 0.6 is 0 Å². The summed E-state index contributed by atoms with van der Waals surface area (Å²) in [6.45, 7) is 3.56. The third-order valence-corrected chi connectivity index (χ3v) is 3.19. The van der Waals surface area contributed by atoms with Crippen LogP contribution in [0.4, 0.5) is 4.79 Å². The Labute approximate surface area is 87.8 Å². The van der Waals surface area contributed by atoms with Crippen LogP contribution in [0.5, 0.6) is 0 Å². The number of hydrogen-bond acceptors (Lipinski definition) is 3. The predicted molar refractivity (Wildman–Crippen MR) is 51.7 cm³/mol. The van der Waals surface area contributed by atoms with Crippen molar-refractivity contribution in [1.82, 2.24) is 10.2 Å². The summed E-state index contributed by atoms with van der Waals surface area (Å²) in [5, 5.41) is 2.20. The molecule has 2 fully saturated rings. The Morgan fingerprint density at radius 3 is 2.60 bits per heavy atom. The summed E-state index contributed by atoms with van der Waals surface area (Å²) in [7, 11) is 0. The van der Waals surface area contributed by atoms with Crippen LogP contribution in [-0.4, -0.2) is 28.8 Å². The number of nitrogens with one attached hydrogen (secondary N) is 1. The van der Waals surface area contributed by atoms with Crippen LogP contribution in [0.25, 0.3) is 0 Å². The predicted octanol–water partition coefficient (Wildman–Crippen LogP) is 0.499.